The Bertz CT molecular complexity index is 1840. The predicted octanol–water partition coefficient (Wildman–Crippen LogP) is 2.60. The lowest BCUT2D eigenvalue weighted by Gasteiger charge is -2.53. The van der Waals surface area contributed by atoms with Crippen molar-refractivity contribution in [2.75, 3.05) is 0 Å². The van der Waals surface area contributed by atoms with E-state index in [1.54, 1.807) is 33.8 Å². The van der Waals surface area contributed by atoms with E-state index in [4.69, 9.17) is 23.7 Å². The molecule has 0 unspecified atom stereocenters. The van der Waals surface area contributed by atoms with Crippen LogP contribution in [0.1, 0.15) is 85.8 Å². The first-order chi connectivity index (χ1) is 23.5. The van der Waals surface area contributed by atoms with E-state index in [2.05, 4.69) is 0 Å². The Balaban J connectivity index is 1.12. The van der Waals surface area contributed by atoms with Gasteiger partial charge in [0.25, 0.3) is 0 Å². The highest BCUT2D eigenvalue weighted by Gasteiger charge is 2.67. The number of ketones is 5. The van der Waals surface area contributed by atoms with Crippen molar-refractivity contribution in [2.45, 2.75) is 113 Å². The minimum atomic E-state index is -2.79. The zero-order chi connectivity index (χ0) is 35.9. The fourth-order valence-electron chi connectivity index (χ4n) is 7.83. The lowest BCUT2D eigenvalue weighted by Crippen LogP contribution is -2.69. The summed E-state index contributed by atoms with van der Waals surface area (Å²) in [4.78, 5) is 65.5. The summed E-state index contributed by atoms with van der Waals surface area (Å²) in [5, 5.41) is 35.3. The molecule has 13 heteroatoms. The second kappa shape index (κ2) is 12.1. The molecule has 50 heavy (non-hydrogen) atoms. The number of carbonyl (C=O) groups excluding carboxylic acids is 5. The van der Waals surface area contributed by atoms with Gasteiger partial charge in [-0.1, -0.05) is 12.1 Å². The van der Waals surface area contributed by atoms with Gasteiger partial charge in [-0.3, -0.25) is 24.0 Å². The Morgan fingerprint density at radius 2 is 1.50 bits per heavy atom. The molecule has 7 rings (SSSR count). The normalized spacial score (nSPS) is 39.8. The number of Topliss-reactive ketones (excluding diaryl/α,β-unsaturated/α-hetero) is 3. The summed E-state index contributed by atoms with van der Waals surface area (Å²) in [6.07, 6.45) is 3.40. The average molecular weight is 691 g/mol. The third-order valence-corrected chi connectivity index (χ3v) is 10.5. The lowest BCUT2D eigenvalue weighted by molar-refractivity contribution is -0.237. The van der Waals surface area contributed by atoms with Gasteiger partial charge in [0.15, 0.2) is 47.1 Å². The number of allylic oxidation sites excluding steroid dienone is 2. The molecule has 0 spiro atoms. The van der Waals surface area contributed by atoms with Crippen LogP contribution in [-0.2, 0) is 38.1 Å². The molecule has 264 valence electrons. The maximum Gasteiger partial charge on any atom is 0.198 e. The third-order valence-electron chi connectivity index (χ3n) is 10.5. The minimum Gasteiger partial charge on any atom is -0.507 e. The first-order valence-electron chi connectivity index (χ1n) is 16.7. The predicted molar refractivity (Wildman–Crippen MR) is 171 cm³/mol. The molecule has 1 saturated heterocycles. The van der Waals surface area contributed by atoms with Crippen LogP contribution in [0.5, 0.6) is 5.75 Å². The van der Waals surface area contributed by atoms with Crippen LogP contribution in [0, 0.1) is 0 Å². The fraction of sp³-hybridized carbons (Fsp3) is 0.486. The number of phenolic OH excluding ortho intramolecular Hbond substituents is 1. The standard InChI is InChI=1S/C37H38O13/c1-17-23(38)7-11-28(47-17)49-25-9-10-26(46-19(25)3)20-5-6-21-30(32(20)41)33(42)22-13-14-36(44)16-35(4,50-29-12-8-24(39)18(2)48-29)15-27(40)37(36,45)31(22)34(21)43/h5-8,11-14,17-19,25-26,28-29,41,44-45H,9-10,15-16H2,1-4H3/t17-,18-,19-,25+,26-,28+,29-,35-,36+,37+/m1/s1. The van der Waals surface area contributed by atoms with Gasteiger partial charge in [0.1, 0.15) is 23.6 Å². The van der Waals surface area contributed by atoms with Crippen LogP contribution in [0.25, 0.3) is 0 Å². The molecule has 0 bridgehead atoms. The molecule has 3 N–H and O–H groups in total. The highest BCUT2D eigenvalue weighted by atomic mass is 16.7. The average Bonchev–Trinajstić information content (AvgIpc) is 3.05. The number of ether oxygens (including phenoxy) is 5. The molecule has 6 aliphatic rings. The van der Waals surface area contributed by atoms with Gasteiger partial charge in [0.2, 0.25) is 0 Å². The minimum absolute atomic E-state index is 0.151. The van der Waals surface area contributed by atoms with Crippen molar-refractivity contribution >= 4 is 28.9 Å². The first kappa shape index (κ1) is 34.5. The van der Waals surface area contributed by atoms with Crippen LogP contribution in [-0.4, -0.2) is 98.0 Å². The van der Waals surface area contributed by atoms with E-state index < -0.39 is 88.9 Å². The van der Waals surface area contributed by atoms with Crippen LogP contribution < -0.4 is 0 Å². The lowest BCUT2D eigenvalue weighted by atomic mass is 9.57. The Morgan fingerprint density at radius 1 is 0.840 bits per heavy atom. The van der Waals surface area contributed by atoms with Crippen molar-refractivity contribution in [3.8, 4) is 5.75 Å². The second-order valence-electron chi connectivity index (χ2n) is 14.1. The van der Waals surface area contributed by atoms with Gasteiger partial charge in [-0.15, -0.1) is 0 Å². The fourth-order valence-corrected chi connectivity index (χ4v) is 7.83. The molecule has 0 radical (unpaired) electrons. The van der Waals surface area contributed by atoms with Gasteiger partial charge in [-0.05, 0) is 77.0 Å². The molecule has 1 aromatic carbocycles. The van der Waals surface area contributed by atoms with E-state index in [-0.39, 0.29) is 46.4 Å². The Kier molecular flexibility index (Phi) is 8.34. The van der Waals surface area contributed by atoms with E-state index in [1.807, 2.05) is 0 Å². The molecule has 2 fully saturated rings. The summed E-state index contributed by atoms with van der Waals surface area (Å²) in [5.41, 5.74) is -7.64. The van der Waals surface area contributed by atoms with Crippen LogP contribution in [0.2, 0.25) is 0 Å². The number of phenols is 1. The first-order valence-corrected chi connectivity index (χ1v) is 16.7. The number of hydrogen-bond acceptors (Lipinski definition) is 13. The summed E-state index contributed by atoms with van der Waals surface area (Å²) < 4.78 is 29.4. The number of rotatable bonds is 5. The van der Waals surface area contributed by atoms with Gasteiger partial charge in [-0.25, -0.2) is 0 Å². The maximum absolute atomic E-state index is 14.1. The van der Waals surface area contributed by atoms with Gasteiger partial charge < -0.3 is 39.0 Å². The molecule has 3 aliphatic carbocycles. The van der Waals surface area contributed by atoms with Gasteiger partial charge in [-0.2, -0.15) is 0 Å². The van der Waals surface area contributed by atoms with E-state index in [9.17, 15) is 39.3 Å². The summed E-state index contributed by atoms with van der Waals surface area (Å²) in [7, 11) is 0. The number of carbonyl (C=O) groups is 5. The summed E-state index contributed by atoms with van der Waals surface area (Å²) >= 11 is 0. The molecular formula is C37H38O13. The smallest absolute Gasteiger partial charge is 0.198 e. The van der Waals surface area contributed by atoms with E-state index in [1.165, 1.54) is 36.4 Å². The van der Waals surface area contributed by atoms with Crippen LogP contribution in [0.3, 0.4) is 0 Å². The Labute approximate surface area is 287 Å². The van der Waals surface area contributed by atoms with Crippen molar-refractivity contribution < 1.29 is 63.0 Å². The Hall–Kier alpha value is -3.95. The Morgan fingerprint density at radius 3 is 2.16 bits per heavy atom. The molecule has 1 aromatic rings. The molecule has 1 saturated carbocycles. The zero-order valence-electron chi connectivity index (χ0n) is 27.9. The van der Waals surface area contributed by atoms with Crippen molar-refractivity contribution in [2.24, 2.45) is 0 Å². The summed E-state index contributed by atoms with van der Waals surface area (Å²) in [6.45, 7) is 6.54. The summed E-state index contributed by atoms with van der Waals surface area (Å²) in [5.74, 6) is -3.50. The molecular weight excluding hydrogens is 652 g/mol. The number of aliphatic hydroxyl groups is 2. The van der Waals surface area contributed by atoms with Gasteiger partial charge >= 0.3 is 0 Å². The molecule has 3 heterocycles. The zero-order valence-corrected chi connectivity index (χ0v) is 27.9. The monoisotopic (exact) mass is 690 g/mol. The van der Waals surface area contributed by atoms with Crippen LogP contribution in [0.4, 0.5) is 0 Å². The van der Waals surface area contributed by atoms with Gasteiger partial charge in [0, 0.05) is 29.5 Å². The maximum atomic E-state index is 14.1. The third kappa shape index (κ3) is 5.39. The van der Waals surface area contributed by atoms with Crippen molar-refractivity contribution in [3.05, 3.63) is 76.4 Å². The number of fused-ring (bicyclic) bond motifs is 3. The van der Waals surface area contributed by atoms with Crippen molar-refractivity contribution in [1.82, 2.24) is 0 Å². The topological polar surface area (TPSA) is 192 Å². The van der Waals surface area contributed by atoms with Crippen LogP contribution >= 0.6 is 0 Å². The molecule has 13 nitrogen and oxygen atoms in total. The van der Waals surface area contributed by atoms with Crippen molar-refractivity contribution in [1.29, 1.82) is 0 Å². The molecule has 0 aromatic heterocycles. The SMILES string of the molecule is C[C@H]1O[C@@H](O[C@H]2CC[C@H](c3ccc4c(c3O)C(=O)C3=C(C4=O)[C@@]4(O)C(=O)C[C@@](C)(O[C@@H]5C=CC(=O)[C@@H](C)O5)C[C@@]4(O)C=C3)O[C@@H]2C)C=CC1=O. The van der Waals surface area contributed by atoms with Gasteiger partial charge in [0.05, 0.1) is 35.0 Å². The van der Waals surface area contributed by atoms with E-state index in [0.717, 1.165) is 6.08 Å². The largest absolute Gasteiger partial charge is 0.507 e. The van der Waals surface area contributed by atoms with Crippen molar-refractivity contribution in [3.63, 3.8) is 0 Å². The number of aromatic hydroxyl groups is 1. The highest BCUT2D eigenvalue weighted by molar-refractivity contribution is 6.32. The molecule has 0 amide bonds. The summed E-state index contributed by atoms with van der Waals surface area (Å²) in [6, 6.07) is 2.82. The number of hydrogen-bond donors (Lipinski definition) is 3. The van der Waals surface area contributed by atoms with E-state index >= 15 is 0 Å². The quantitative estimate of drug-likeness (QED) is 0.409. The molecule has 3 aliphatic heterocycles. The van der Waals surface area contributed by atoms with Crippen LogP contribution in [0.15, 0.2) is 59.7 Å². The molecule has 10 atom stereocenters. The number of benzene rings is 1. The van der Waals surface area contributed by atoms with E-state index in [0.29, 0.717) is 12.8 Å². The highest BCUT2D eigenvalue weighted by Crippen LogP contribution is 2.53. The second-order valence-corrected chi connectivity index (χ2v) is 14.1.